The molecule has 0 amide bonds. The number of rotatable bonds is 5. The summed E-state index contributed by atoms with van der Waals surface area (Å²) in [6.45, 7) is 3.13. The Hall–Kier alpha value is -0.0800. The van der Waals surface area contributed by atoms with Crippen LogP contribution in [0.5, 0.6) is 0 Å². The van der Waals surface area contributed by atoms with Gasteiger partial charge in [0.1, 0.15) is 0 Å². The van der Waals surface area contributed by atoms with Crippen LogP contribution in [0.4, 0.5) is 0 Å². The molecule has 1 heterocycles. The SMILES string of the molecule is C(COC1CNC1)CC1CC1. The lowest BCUT2D eigenvalue weighted by Gasteiger charge is -2.27. The van der Waals surface area contributed by atoms with Gasteiger partial charge >= 0.3 is 0 Å². The molecule has 0 radical (unpaired) electrons. The molecule has 0 aromatic heterocycles. The second kappa shape index (κ2) is 3.55. The standard InChI is InChI=1S/C9H17NO/c1(2-8-3-4-8)5-11-9-6-10-7-9/h8-10H,1-7H2. The van der Waals surface area contributed by atoms with Crippen LogP contribution in [0.25, 0.3) is 0 Å². The number of hydrogen-bond acceptors (Lipinski definition) is 2. The van der Waals surface area contributed by atoms with Crippen molar-refractivity contribution in [2.45, 2.75) is 31.8 Å². The van der Waals surface area contributed by atoms with Gasteiger partial charge in [-0.25, -0.2) is 0 Å². The summed E-state index contributed by atoms with van der Waals surface area (Å²) < 4.78 is 5.59. The largest absolute Gasteiger partial charge is 0.376 e. The predicted octanol–water partition coefficient (Wildman–Crippen LogP) is 1.16. The highest BCUT2D eigenvalue weighted by Gasteiger charge is 2.21. The lowest BCUT2D eigenvalue weighted by Crippen LogP contribution is -2.48. The molecule has 2 aliphatic rings. The fourth-order valence-electron chi connectivity index (χ4n) is 1.41. The molecule has 0 spiro atoms. The van der Waals surface area contributed by atoms with Crippen molar-refractivity contribution in [1.29, 1.82) is 0 Å². The van der Waals surface area contributed by atoms with Crippen molar-refractivity contribution in [3.05, 3.63) is 0 Å². The summed E-state index contributed by atoms with van der Waals surface area (Å²) in [5, 5.41) is 3.20. The smallest absolute Gasteiger partial charge is 0.0823 e. The Kier molecular flexibility index (Phi) is 2.44. The highest BCUT2D eigenvalue weighted by atomic mass is 16.5. The maximum atomic E-state index is 5.59. The summed E-state index contributed by atoms with van der Waals surface area (Å²) in [6, 6.07) is 0. The van der Waals surface area contributed by atoms with Crippen LogP contribution >= 0.6 is 0 Å². The van der Waals surface area contributed by atoms with Gasteiger partial charge < -0.3 is 10.1 Å². The van der Waals surface area contributed by atoms with Gasteiger partial charge in [-0.2, -0.15) is 0 Å². The third-order valence-electron chi connectivity index (χ3n) is 2.55. The Morgan fingerprint density at radius 3 is 2.64 bits per heavy atom. The van der Waals surface area contributed by atoms with Crippen molar-refractivity contribution in [2.75, 3.05) is 19.7 Å². The van der Waals surface area contributed by atoms with E-state index in [2.05, 4.69) is 5.32 Å². The van der Waals surface area contributed by atoms with E-state index in [0.717, 1.165) is 25.6 Å². The van der Waals surface area contributed by atoms with E-state index in [-0.39, 0.29) is 0 Å². The number of ether oxygens (including phenoxy) is 1. The van der Waals surface area contributed by atoms with Crippen LogP contribution in [0.2, 0.25) is 0 Å². The fraction of sp³-hybridized carbons (Fsp3) is 1.00. The monoisotopic (exact) mass is 155 g/mol. The maximum absolute atomic E-state index is 5.59. The minimum absolute atomic E-state index is 0.536. The van der Waals surface area contributed by atoms with Crippen molar-refractivity contribution < 1.29 is 4.74 Å². The molecule has 1 N–H and O–H groups in total. The first-order valence-electron chi connectivity index (χ1n) is 4.77. The molecule has 0 aromatic carbocycles. The first kappa shape index (κ1) is 7.56. The Bertz CT molecular complexity index is 119. The minimum Gasteiger partial charge on any atom is -0.376 e. The molecule has 0 aromatic rings. The number of nitrogens with one attached hydrogen (secondary N) is 1. The van der Waals surface area contributed by atoms with Gasteiger partial charge in [0.05, 0.1) is 6.10 Å². The van der Waals surface area contributed by atoms with Gasteiger partial charge in [-0.1, -0.05) is 12.8 Å². The van der Waals surface area contributed by atoms with Crippen LogP contribution in [0, 0.1) is 5.92 Å². The third kappa shape index (κ3) is 2.46. The normalized spacial score (nSPS) is 25.1. The predicted molar refractivity (Wildman–Crippen MR) is 44.6 cm³/mol. The van der Waals surface area contributed by atoms with Crippen LogP contribution in [-0.2, 0) is 4.74 Å². The van der Waals surface area contributed by atoms with Crippen molar-refractivity contribution in [3.8, 4) is 0 Å². The Balaban J connectivity index is 1.40. The molecule has 11 heavy (non-hydrogen) atoms. The second-order valence-corrected chi connectivity index (χ2v) is 3.74. The van der Waals surface area contributed by atoms with E-state index in [0.29, 0.717) is 6.10 Å². The zero-order valence-electron chi connectivity index (χ0n) is 7.01. The lowest BCUT2D eigenvalue weighted by atomic mass is 10.2. The molecule has 0 atom stereocenters. The molecule has 1 saturated carbocycles. The summed E-state index contributed by atoms with van der Waals surface area (Å²) >= 11 is 0. The van der Waals surface area contributed by atoms with Crippen molar-refractivity contribution in [3.63, 3.8) is 0 Å². The van der Waals surface area contributed by atoms with E-state index in [4.69, 9.17) is 4.74 Å². The van der Waals surface area contributed by atoms with Gasteiger partial charge in [0, 0.05) is 19.7 Å². The molecule has 2 heteroatoms. The Labute approximate surface area is 68.3 Å². The Morgan fingerprint density at radius 2 is 2.09 bits per heavy atom. The average molecular weight is 155 g/mol. The maximum Gasteiger partial charge on any atom is 0.0823 e. The van der Waals surface area contributed by atoms with Gasteiger partial charge in [-0.15, -0.1) is 0 Å². The highest BCUT2D eigenvalue weighted by molar-refractivity contribution is 4.75. The summed E-state index contributed by atoms with van der Waals surface area (Å²) in [4.78, 5) is 0. The first-order chi connectivity index (χ1) is 5.45. The summed E-state index contributed by atoms with van der Waals surface area (Å²) in [5.41, 5.74) is 0. The lowest BCUT2D eigenvalue weighted by molar-refractivity contribution is 0.0167. The van der Waals surface area contributed by atoms with Crippen LogP contribution < -0.4 is 5.32 Å². The number of hydrogen-bond donors (Lipinski definition) is 1. The van der Waals surface area contributed by atoms with E-state index in [1.54, 1.807) is 0 Å². The van der Waals surface area contributed by atoms with Crippen molar-refractivity contribution >= 4 is 0 Å². The molecule has 64 valence electrons. The second-order valence-electron chi connectivity index (χ2n) is 3.74. The topological polar surface area (TPSA) is 21.3 Å². The van der Waals surface area contributed by atoms with Crippen LogP contribution in [-0.4, -0.2) is 25.8 Å². The molecule has 1 saturated heterocycles. The quantitative estimate of drug-likeness (QED) is 0.602. The van der Waals surface area contributed by atoms with Crippen LogP contribution in [0.15, 0.2) is 0 Å². The summed E-state index contributed by atoms with van der Waals surface area (Å²) in [5.74, 6) is 1.07. The minimum atomic E-state index is 0.536. The highest BCUT2D eigenvalue weighted by Crippen LogP contribution is 2.33. The zero-order valence-corrected chi connectivity index (χ0v) is 7.01. The average Bonchev–Trinajstić information content (AvgIpc) is 2.66. The molecular weight excluding hydrogens is 138 g/mol. The molecular formula is C9H17NO. The van der Waals surface area contributed by atoms with E-state index in [1.165, 1.54) is 25.7 Å². The van der Waals surface area contributed by atoms with Crippen LogP contribution in [0.1, 0.15) is 25.7 Å². The van der Waals surface area contributed by atoms with Crippen molar-refractivity contribution in [1.82, 2.24) is 5.32 Å². The molecule has 0 bridgehead atoms. The van der Waals surface area contributed by atoms with Gasteiger partial charge in [0.15, 0.2) is 0 Å². The molecule has 2 nitrogen and oxygen atoms in total. The zero-order chi connectivity index (χ0) is 7.52. The molecule has 0 unspecified atom stereocenters. The van der Waals surface area contributed by atoms with Gasteiger partial charge in [0.25, 0.3) is 0 Å². The fourth-order valence-corrected chi connectivity index (χ4v) is 1.41. The van der Waals surface area contributed by atoms with Gasteiger partial charge in [0.2, 0.25) is 0 Å². The van der Waals surface area contributed by atoms with E-state index in [9.17, 15) is 0 Å². The molecule has 2 fully saturated rings. The van der Waals surface area contributed by atoms with E-state index in [1.807, 2.05) is 0 Å². The molecule has 2 rings (SSSR count). The van der Waals surface area contributed by atoms with E-state index >= 15 is 0 Å². The summed E-state index contributed by atoms with van der Waals surface area (Å²) in [6.07, 6.45) is 6.17. The third-order valence-corrected chi connectivity index (χ3v) is 2.55. The first-order valence-corrected chi connectivity index (χ1v) is 4.77. The summed E-state index contributed by atoms with van der Waals surface area (Å²) in [7, 11) is 0. The van der Waals surface area contributed by atoms with Crippen molar-refractivity contribution in [2.24, 2.45) is 5.92 Å². The van der Waals surface area contributed by atoms with E-state index < -0.39 is 0 Å². The molecule has 1 aliphatic carbocycles. The van der Waals surface area contributed by atoms with Crippen LogP contribution in [0.3, 0.4) is 0 Å². The van der Waals surface area contributed by atoms with Gasteiger partial charge in [-0.05, 0) is 18.8 Å². The molecule has 1 aliphatic heterocycles. The Morgan fingerprint density at radius 1 is 1.27 bits per heavy atom. The van der Waals surface area contributed by atoms with Gasteiger partial charge in [-0.3, -0.25) is 0 Å².